The molecule has 112 valence electrons. The van der Waals surface area contributed by atoms with Gasteiger partial charge in [0.2, 0.25) is 5.91 Å². The van der Waals surface area contributed by atoms with E-state index in [0.29, 0.717) is 6.42 Å². The van der Waals surface area contributed by atoms with E-state index in [-0.39, 0.29) is 5.91 Å². The number of nitrogens with one attached hydrogen (secondary N) is 2. The van der Waals surface area contributed by atoms with Crippen LogP contribution < -0.4 is 10.6 Å². The third-order valence-corrected chi connectivity index (χ3v) is 3.75. The van der Waals surface area contributed by atoms with E-state index in [4.69, 9.17) is 0 Å². The van der Waals surface area contributed by atoms with Crippen LogP contribution in [0.3, 0.4) is 0 Å². The zero-order chi connectivity index (χ0) is 14.1. The molecule has 0 bridgehead atoms. The summed E-state index contributed by atoms with van der Waals surface area (Å²) < 4.78 is 0. The lowest BCUT2D eigenvalue weighted by atomic mass is 9.92. The predicted molar refractivity (Wildman–Crippen MR) is 80.2 cm³/mol. The Labute approximate surface area is 118 Å². The van der Waals surface area contributed by atoms with Gasteiger partial charge in [0, 0.05) is 26.1 Å². The molecule has 1 aliphatic heterocycles. The van der Waals surface area contributed by atoms with Gasteiger partial charge < -0.3 is 15.5 Å². The van der Waals surface area contributed by atoms with Crippen molar-refractivity contribution >= 4 is 5.91 Å². The highest BCUT2D eigenvalue weighted by Crippen LogP contribution is 2.20. The Bertz CT molecular complexity index is 248. The van der Waals surface area contributed by atoms with Gasteiger partial charge in [0.15, 0.2) is 0 Å². The average molecular weight is 269 g/mol. The molecule has 4 nitrogen and oxygen atoms in total. The first kappa shape index (κ1) is 16.4. The van der Waals surface area contributed by atoms with Gasteiger partial charge in [0.1, 0.15) is 0 Å². The Morgan fingerprint density at radius 2 is 1.84 bits per heavy atom. The zero-order valence-corrected chi connectivity index (χ0v) is 12.9. The summed E-state index contributed by atoms with van der Waals surface area (Å²) in [6.45, 7) is 9.97. The van der Waals surface area contributed by atoms with Crippen molar-refractivity contribution in [2.24, 2.45) is 11.8 Å². The lowest BCUT2D eigenvalue weighted by Gasteiger charge is -2.34. The van der Waals surface area contributed by atoms with E-state index in [9.17, 15) is 4.79 Å². The number of carbonyl (C=O) groups excluding carboxylic acids is 1. The van der Waals surface area contributed by atoms with Crippen molar-refractivity contribution in [2.45, 2.75) is 39.5 Å². The van der Waals surface area contributed by atoms with Crippen molar-refractivity contribution in [1.29, 1.82) is 0 Å². The fraction of sp³-hybridized carbons (Fsp3) is 0.933. The van der Waals surface area contributed by atoms with Crippen LogP contribution in [0.5, 0.6) is 0 Å². The number of hydrogen-bond donors (Lipinski definition) is 2. The molecular formula is C15H31N3O. The second-order valence-corrected chi connectivity index (χ2v) is 6.12. The molecule has 0 aromatic rings. The van der Waals surface area contributed by atoms with Gasteiger partial charge in [-0.1, -0.05) is 13.8 Å². The first-order valence-corrected chi connectivity index (χ1v) is 7.75. The number of amides is 1. The normalized spacial score (nSPS) is 24.4. The minimum atomic E-state index is 0.190. The fourth-order valence-corrected chi connectivity index (χ4v) is 3.02. The number of rotatable bonds is 8. The molecule has 1 amide bonds. The maximum Gasteiger partial charge on any atom is 0.220 e. The summed E-state index contributed by atoms with van der Waals surface area (Å²) in [6, 6.07) is 0. The Balaban J connectivity index is 2.02. The minimum Gasteiger partial charge on any atom is -0.356 e. The van der Waals surface area contributed by atoms with Crippen LogP contribution in [0.1, 0.15) is 39.5 Å². The number of hydrogen-bond acceptors (Lipinski definition) is 3. The van der Waals surface area contributed by atoms with Crippen LogP contribution in [0.15, 0.2) is 0 Å². The van der Waals surface area contributed by atoms with Gasteiger partial charge in [-0.25, -0.2) is 0 Å². The monoisotopic (exact) mass is 269 g/mol. The summed E-state index contributed by atoms with van der Waals surface area (Å²) in [5, 5.41) is 6.07. The van der Waals surface area contributed by atoms with Crippen molar-refractivity contribution in [3.63, 3.8) is 0 Å². The molecule has 2 N–H and O–H groups in total. The van der Waals surface area contributed by atoms with E-state index >= 15 is 0 Å². The number of piperidine rings is 1. The lowest BCUT2D eigenvalue weighted by Crippen LogP contribution is -2.40. The van der Waals surface area contributed by atoms with Gasteiger partial charge in [-0.2, -0.15) is 0 Å². The molecule has 0 aliphatic carbocycles. The molecular weight excluding hydrogens is 238 g/mol. The van der Waals surface area contributed by atoms with Crippen molar-refractivity contribution in [3.05, 3.63) is 0 Å². The van der Waals surface area contributed by atoms with E-state index in [2.05, 4.69) is 29.4 Å². The van der Waals surface area contributed by atoms with Crippen molar-refractivity contribution in [1.82, 2.24) is 15.5 Å². The van der Waals surface area contributed by atoms with Gasteiger partial charge in [-0.3, -0.25) is 4.79 Å². The molecule has 2 atom stereocenters. The SMILES string of the molecule is CNCCCC(=O)NCCCN1CC(C)CC(C)C1. The largest absolute Gasteiger partial charge is 0.356 e. The van der Waals surface area contributed by atoms with Crippen LogP contribution in [0.4, 0.5) is 0 Å². The van der Waals surface area contributed by atoms with Gasteiger partial charge in [0.25, 0.3) is 0 Å². The van der Waals surface area contributed by atoms with Gasteiger partial charge >= 0.3 is 0 Å². The molecule has 0 aromatic heterocycles. The Hall–Kier alpha value is -0.610. The minimum absolute atomic E-state index is 0.190. The molecule has 0 aromatic carbocycles. The second-order valence-electron chi connectivity index (χ2n) is 6.12. The summed E-state index contributed by atoms with van der Waals surface area (Å²) >= 11 is 0. The van der Waals surface area contributed by atoms with Crippen LogP contribution in [0.25, 0.3) is 0 Å². The molecule has 0 saturated carbocycles. The summed E-state index contributed by atoms with van der Waals surface area (Å²) in [7, 11) is 1.92. The van der Waals surface area contributed by atoms with Crippen LogP contribution in [0, 0.1) is 11.8 Å². The highest BCUT2D eigenvalue weighted by Gasteiger charge is 2.20. The number of carbonyl (C=O) groups is 1. The summed E-state index contributed by atoms with van der Waals surface area (Å²) in [6.07, 6.45) is 3.98. The van der Waals surface area contributed by atoms with E-state index in [0.717, 1.165) is 44.3 Å². The summed E-state index contributed by atoms with van der Waals surface area (Å²) in [5.74, 6) is 1.83. The van der Waals surface area contributed by atoms with E-state index in [1.807, 2.05) is 7.05 Å². The third kappa shape index (κ3) is 7.53. The van der Waals surface area contributed by atoms with Crippen molar-refractivity contribution in [3.8, 4) is 0 Å². The van der Waals surface area contributed by atoms with E-state index < -0.39 is 0 Å². The summed E-state index contributed by atoms with van der Waals surface area (Å²) in [4.78, 5) is 14.1. The van der Waals surface area contributed by atoms with E-state index in [1.54, 1.807) is 0 Å². The smallest absolute Gasteiger partial charge is 0.220 e. The third-order valence-electron chi connectivity index (χ3n) is 3.75. The van der Waals surface area contributed by atoms with Gasteiger partial charge in [-0.15, -0.1) is 0 Å². The molecule has 1 heterocycles. The second kappa shape index (κ2) is 9.32. The van der Waals surface area contributed by atoms with Crippen LogP contribution >= 0.6 is 0 Å². The maximum absolute atomic E-state index is 11.5. The van der Waals surface area contributed by atoms with Crippen LogP contribution in [0.2, 0.25) is 0 Å². The fourth-order valence-electron chi connectivity index (χ4n) is 3.02. The molecule has 2 unspecified atom stereocenters. The highest BCUT2D eigenvalue weighted by atomic mass is 16.1. The maximum atomic E-state index is 11.5. The highest BCUT2D eigenvalue weighted by molar-refractivity contribution is 5.75. The average Bonchev–Trinajstić information content (AvgIpc) is 2.34. The first-order chi connectivity index (χ1) is 9.11. The number of likely N-dealkylation sites (tertiary alicyclic amines) is 1. The number of nitrogens with zero attached hydrogens (tertiary/aromatic N) is 1. The zero-order valence-electron chi connectivity index (χ0n) is 12.9. The van der Waals surface area contributed by atoms with Gasteiger partial charge in [0.05, 0.1) is 0 Å². The summed E-state index contributed by atoms with van der Waals surface area (Å²) in [5.41, 5.74) is 0. The lowest BCUT2D eigenvalue weighted by molar-refractivity contribution is -0.121. The van der Waals surface area contributed by atoms with E-state index in [1.165, 1.54) is 19.5 Å². The molecule has 1 fully saturated rings. The predicted octanol–water partition coefficient (Wildman–Crippen LogP) is 1.47. The molecule has 0 spiro atoms. The van der Waals surface area contributed by atoms with Crippen molar-refractivity contribution < 1.29 is 4.79 Å². The van der Waals surface area contributed by atoms with Crippen LogP contribution in [-0.2, 0) is 4.79 Å². The first-order valence-electron chi connectivity index (χ1n) is 7.75. The Kier molecular flexibility index (Phi) is 8.07. The molecule has 1 saturated heterocycles. The molecule has 0 radical (unpaired) electrons. The topological polar surface area (TPSA) is 44.4 Å². The molecule has 4 heteroatoms. The van der Waals surface area contributed by atoms with Crippen molar-refractivity contribution in [2.75, 3.05) is 39.8 Å². The van der Waals surface area contributed by atoms with Gasteiger partial charge in [-0.05, 0) is 51.2 Å². The molecule has 1 aliphatic rings. The van der Waals surface area contributed by atoms with Crippen LogP contribution in [-0.4, -0.2) is 50.6 Å². The standard InChI is InChI=1S/C15H31N3O/c1-13-10-14(2)12-18(11-13)9-5-8-17-15(19)6-4-7-16-3/h13-14,16H,4-12H2,1-3H3,(H,17,19). The quantitative estimate of drug-likeness (QED) is 0.656. The Morgan fingerprint density at radius 1 is 1.16 bits per heavy atom. The Morgan fingerprint density at radius 3 is 2.47 bits per heavy atom. The molecule has 19 heavy (non-hydrogen) atoms. The molecule has 1 rings (SSSR count).